The molecule has 1 aliphatic rings. The van der Waals surface area contributed by atoms with Crippen molar-refractivity contribution in [3.05, 3.63) is 71.0 Å². The van der Waals surface area contributed by atoms with E-state index in [2.05, 4.69) is 20.9 Å². The van der Waals surface area contributed by atoms with Crippen LogP contribution in [0.4, 0.5) is 0 Å². The number of nitrogens with one attached hydrogen (secondary N) is 2. The van der Waals surface area contributed by atoms with Crippen LogP contribution < -0.4 is 10.9 Å². The molecule has 1 aromatic heterocycles. The molecular weight excluding hydrogens is 410 g/mol. The summed E-state index contributed by atoms with van der Waals surface area (Å²) in [5.74, 6) is 0.578. The standard InChI is InChI=1S/C20H18ClN5O2S/c21-16-9-5-4-8-15(16)19(28)24-23-17(27)12-29-20-22-18(13-10-11-13)26(25-20)14-6-2-1-3-7-14/h1-9,13H,10-12H2,(H,23,27)(H,24,28). The van der Waals surface area contributed by atoms with Crippen LogP contribution in [0.5, 0.6) is 0 Å². The third-order valence-electron chi connectivity index (χ3n) is 4.32. The summed E-state index contributed by atoms with van der Waals surface area (Å²) in [5, 5.41) is 5.40. The molecule has 1 saturated carbocycles. The molecule has 0 bridgehead atoms. The fourth-order valence-electron chi connectivity index (χ4n) is 2.74. The first-order chi connectivity index (χ1) is 14.1. The van der Waals surface area contributed by atoms with E-state index < -0.39 is 5.91 Å². The van der Waals surface area contributed by atoms with Crippen molar-refractivity contribution >= 4 is 35.2 Å². The zero-order valence-electron chi connectivity index (χ0n) is 15.3. The van der Waals surface area contributed by atoms with Gasteiger partial charge in [-0.1, -0.05) is 53.7 Å². The van der Waals surface area contributed by atoms with E-state index in [4.69, 9.17) is 11.6 Å². The number of para-hydroxylation sites is 1. The van der Waals surface area contributed by atoms with E-state index in [1.54, 1.807) is 24.3 Å². The number of carbonyl (C=O) groups excluding carboxylic acids is 2. The molecule has 0 radical (unpaired) electrons. The van der Waals surface area contributed by atoms with E-state index in [1.807, 2.05) is 35.0 Å². The first-order valence-corrected chi connectivity index (χ1v) is 10.5. The topological polar surface area (TPSA) is 88.9 Å². The zero-order chi connectivity index (χ0) is 20.2. The largest absolute Gasteiger partial charge is 0.272 e. The van der Waals surface area contributed by atoms with Gasteiger partial charge in [0.2, 0.25) is 11.1 Å². The maximum atomic E-state index is 12.1. The number of nitrogens with zero attached hydrogens (tertiary/aromatic N) is 3. The minimum atomic E-state index is -0.476. The highest BCUT2D eigenvalue weighted by Gasteiger charge is 2.30. The molecule has 0 atom stereocenters. The summed E-state index contributed by atoms with van der Waals surface area (Å²) in [6, 6.07) is 16.4. The summed E-state index contributed by atoms with van der Waals surface area (Å²) in [6.07, 6.45) is 2.20. The lowest BCUT2D eigenvalue weighted by atomic mass is 10.2. The number of hydrogen-bond donors (Lipinski definition) is 2. The van der Waals surface area contributed by atoms with Crippen LogP contribution in [-0.4, -0.2) is 32.3 Å². The Balaban J connectivity index is 1.35. The number of aromatic nitrogens is 3. The van der Waals surface area contributed by atoms with Crippen LogP contribution in [0.2, 0.25) is 5.02 Å². The fourth-order valence-corrected chi connectivity index (χ4v) is 3.59. The minimum absolute atomic E-state index is 0.0751. The fraction of sp³-hybridized carbons (Fsp3) is 0.200. The van der Waals surface area contributed by atoms with Gasteiger partial charge >= 0.3 is 0 Å². The highest BCUT2D eigenvalue weighted by Crippen LogP contribution is 2.40. The van der Waals surface area contributed by atoms with E-state index in [1.165, 1.54) is 11.8 Å². The van der Waals surface area contributed by atoms with E-state index in [0.717, 1.165) is 24.4 Å². The van der Waals surface area contributed by atoms with Gasteiger partial charge in [0.05, 0.1) is 22.0 Å². The van der Waals surface area contributed by atoms with Gasteiger partial charge in [0.1, 0.15) is 5.82 Å². The van der Waals surface area contributed by atoms with Crippen molar-refractivity contribution in [2.75, 3.05) is 5.75 Å². The van der Waals surface area contributed by atoms with Gasteiger partial charge in [0.15, 0.2) is 0 Å². The number of rotatable bonds is 6. The molecule has 1 fully saturated rings. The minimum Gasteiger partial charge on any atom is -0.272 e. The van der Waals surface area contributed by atoms with Crippen molar-refractivity contribution < 1.29 is 9.59 Å². The lowest BCUT2D eigenvalue weighted by molar-refractivity contribution is -0.119. The van der Waals surface area contributed by atoms with Gasteiger partial charge in [-0.15, -0.1) is 5.10 Å². The summed E-state index contributed by atoms with van der Waals surface area (Å²) >= 11 is 7.20. The van der Waals surface area contributed by atoms with Crippen LogP contribution >= 0.6 is 23.4 Å². The lowest BCUT2D eigenvalue weighted by Gasteiger charge is -2.07. The summed E-state index contributed by atoms with van der Waals surface area (Å²) in [6.45, 7) is 0. The summed E-state index contributed by atoms with van der Waals surface area (Å²) in [4.78, 5) is 28.8. The molecule has 0 unspecified atom stereocenters. The van der Waals surface area contributed by atoms with Crippen LogP contribution in [-0.2, 0) is 4.79 Å². The second-order valence-corrected chi connectivity index (χ2v) is 7.89. The highest BCUT2D eigenvalue weighted by molar-refractivity contribution is 7.99. The number of benzene rings is 2. The Kier molecular flexibility index (Phi) is 5.82. The summed E-state index contributed by atoms with van der Waals surface area (Å²) in [5.41, 5.74) is 5.99. The Morgan fingerprint density at radius 1 is 1.07 bits per heavy atom. The predicted molar refractivity (Wildman–Crippen MR) is 111 cm³/mol. The van der Waals surface area contributed by atoms with Crippen molar-refractivity contribution in [3.8, 4) is 5.69 Å². The Hall–Kier alpha value is -2.84. The molecule has 148 valence electrons. The quantitative estimate of drug-likeness (QED) is 0.465. The second kappa shape index (κ2) is 8.67. The summed E-state index contributed by atoms with van der Waals surface area (Å²) < 4.78 is 1.84. The Bertz CT molecular complexity index is 1040. The Morgan fingerprint density at radius 2 is 1.79 bits per heavy atom. The van der Waals surface area contributed by atoms with E-state index in [0.29, 0.717) is 21.7 Å². The molecule has 1 aliphatic carbocycles. The molecule has 0 saturated heterocycles. The van der Waals surface area contributed by atoms with Gasteiger partial charge in [-0.3, -0.25) is 20.4 Å². The molecule has 7 nitrogen and oxygen atoms in total. The third kappa shape index (κ3) is 4.78. The molecule has 4 rings (SSSR count). The van der Waals surface area contributed by atoms with Gasteiger partial charge in [-0.05, 0) is 37.1 Å². The number of halogens is 1. The maximum Gasteiger partial charge on any atom is 0.271 e. The monoisotopic (exact) mass is 427 g/mol. The van der Waals surface area contributed by atoms with Crippen LogP contribution in [0.15, 0.2) is 59.8 Å². The molecule has 3 aromatic rings. The van der Waals surface area contributed by atoms with Crippen molar-refractivity contribution in [1.29, 1.82) is 0 Å². The molecule has 0 aliphatic heterocycles. The van der Waals surface area contributed by atoms with Crippen molar-refractivity contribution in [2.24, 2.45) is 0 Å². The average Bonchev–Trinajstić information content (AvgIpc) is 3.50. The Labute approximate surface area is 176 Å². The molecule has 0 spiro atoms. The SMILES string of the molecule is O=C(CSc1nc(C2CC2)n(-c2ccccc2)n1)NNC(=O)c1ccccc1Cl. The van der Waals surface area contributed by atoms with Gasteiger partial charge < -0.3 is 0 Å². The van der Waals surface area contributed by atoms with Gasteiger partial charge in [-0.2, -0.15) is 0 Å². The van der Waals surface area contributed by atoms with Crippen molar-refractivity contribution in [3.63, 3.8) is 0 Å². The van der Waals surface area contributed by atoms with E-state index >= 15 is 0 Å². The van der Waals surface area contributed by atoms with Crippen LogP contribution in [0.1, 0.15) is 34.9 Å². The van der Waals surface area contributed by atoms with E-state index in [9.17, 15) is 9.59 Å². The maximum absolute atomic E-state index is 12.1. The zero-order valence-corrected chi connectivity index (χ0v) is 16.9. The molecular formula is C20H18ClN5O2S. The van der Waals surface area contributed by atoms with Crippen molar-refractivity contribution in [1.82, 2.24) is 25.6 Å². The van der Waals surface area contributed by atoms with Gasteiger partial charge in [-0.25, -0.2) is 9.67 Å². The average molecular weight is 428 g/mol. The first-order valence-electron chi connectivity index (χ1n) is 9.10. The summed E-state index contributed by atoms with van der Waals surface area (Å²) in [7, 11) is 0. The predicted octanol–water partition coefficient (Wildman–Crippen LogP) is 3.35. The number of hydrazine groups is 1. The van der Waals surface area contributed by atoms with E-state index in [-0.39, 0.29) is 11.7 Å². The third-order valence-corrected chi connectivity index (χ3v) is 5.49. The number of amides is 2. The normalized spacial score (nSPS) is 13.1. The highest BCUT2D eigenvalue weighted by atomic mass is 35.5. The number of hydrogen-bond acceptors (Lipinski definition) is 5. The van der Waals surface area contributed by atoms with Gasteiger partial charge in [0.25, 0.3) is 5.91 Å². The smallest absolute Gasteiger partial charge is 0.271 e. The molecule has 2 aromatic carbocycles. The van der Waals surface area contributed by atoms with Gasteiger partial charge in [0, 0.05) is 5.92 Å². The molecule has 1 heterocycles. The number of carbonyl (C=O) groups is 2. The molecule has 9 heteroatoms. The molecule has 29 heavy (non-hydrogen) atoms. The molecule has 2 N–H and O–H groups in total. The lowest BCUT2D eigenvalue weighted by Crippen LogP contribution is -2.42. The second-order valence-electron chi connectivity index (χ2n) is 6.55. The number of thioether (sulfide) groups is 1. The molecule has 2 amide bonds. The van der Waals surface area contributed by atoms with Crippen LogP contribution in [0.25, 0.3) is 5.69 Å². The van der Waals surface area contributed by atoms with Crippen molar-refractivity contribution in [2.45, 2.75) is 23.9 Å². The first kappa shape index (κ1) is 19.5. The van der Waals surface area contributed by atoms with Crippen LogP contribution in [0, 0.1) is 0 Å². The van der Waals surface area contributed by atoms with Crippen LogP contribution in [0.3, 0.4) is 0 Å². The Morgan fingerprint density at radius 3 is 2.52 bits per heavy atom.